The zero-order valence-corrected chi connectivity index (χ0v) is 13.1. The Kier molecular flexibility index (Phi) is 6.22. The van der Waals surface area contributed by atoms with Crippen LogP contribution < -0.4 is 4.74 Å². The second-order valence-corrected chi connectivity index (χ2v) is 6.64. The highest BCUT2D eigenvalue weighted by Gasteiger charge is 2.24. The van der Waals surface area contributed by atoms with E-state index in [0.29, 0.717) is 5.75 Å². The highest BCUT2D eigenvalue weighted by Crippen LogP contribution is 2.28. The first-order chi connectivity index (χ1) is 9.32. The third-order valence-corrected chi connectivity index (χ3v) is 4.77. The van der Waals surface area contributed by atoms with Gasteiger partial charge >= 0.3 is 0 Å². The average Bonchev–Trinajstić information content (AvgIpc) is 2.38. The highest BCUT2D eigenvalue weighted by atomic mass is 35.5. The molecule has 1 rings (SSSR count). The van der Waals surface area contributed by atoms with Gasteiger partial charge in [0.2, 0.25) is 10.0 Å². The first kappa shape index (κ1) is 17.2. The van der Waals surface area contributed by atoms with Crippen LogP contribution in [0.25, 0.3) is 0 Å². The zero-order chi connectivity index (χ0) is 15.3. The number of ether oxygens (including phenoxy) is 2. The van der Waals surface area contributed by atoms with E-state index >= 15 is 0 Å². The number of likely N-dealkylation sites (N-methyl/N-ethyl adjacent to an activating group) is 1. The van der Waals surface area contributed by atoms with Gasteiger partial charge in [0.15, 0.2) is 0 Å². The number of benzene rings is 1. The van der Waals surface area contributed by atoms with Crippen LogP contribution in [0.5, 0.6) is 5.75 Å². The molecule has 0 aliphatic rings. The summed E-state index contributed by atoms with van der Waals surface area (Å²) in [4.78, 5) is 0.0374. The van der Waals surface area contributed by atoms with Crippen LogP contribution in [-0.4, -0.2) is 58.4 Å². The summed E-state index contributed by atoms with van der Waals surface area (Å²) >= 11 is 5.92. The Labute approximate surface area is 123 Å². The minimum absolute atomic E-state index is 0.0374. The molecule has 0 aliphatic carbocycles. The van der Waals surface area contributed by atoms with Gasteiger partial charge in [-0.05, 0) is 18.2 Å². The van der Waals surface area contributed by atoms with Gasteiger partial charge in [-0.1, -0.05) is 11.6 Å². The predicted molar refractivity (Wildman–Crippen MR) is 75.7 cm³/mol. The second kappa shape index (κ2) is 7.24. The number of aliphatic hydroxyl groups excluding tert-OH is 1. The molecule has 0 aromatic heterocycles. The van der Waals surface area contributed by atoms with E-state index in [2.05, 4.69) is 0 Å². The number of halogens is 1. The van der Waals surface area contributed by atoms with Crippen molar-refractivity contribution in [2.24, 2.45) is 0 Å². The molecule has 114 valence electrons. The van der Waals surface area contributed by atoms with Crippen molar-refractivity contribution in [2.75, 3.05) is 34.4 Å². The molecule has 0 fully saturated rings. The van der Waals surface area contributed by atoms with Crippen molar-refractivity contribution in [1.29, 1.82) is 0 Å². The first-order valence-electron chi connectivity index (χ1n) is 5.79. The summed E-state index contributed by atoms with van der Waals surface area (Å²) in [5.41, 5.74) is 0. The molecule has 0 heterocycles. The van der Waals surface area contributed by atoms with Crippen molar-refractivity contribution in [1.82, 2.24) is 4.31 Å². The SMILES string of the molecule is COCC(O)CN(C)S(=O)(=O)c1ccc(OC)c(Cl)c1. The molecule has 0 aliphatic heterocycles. The predicted octanol–water partition coefficient (Wildman–Crippen LogP) is 0.976. The molecular formula is C12H18ClNO5S. The Balaban J connectivity index is 2.95. The van der Waals surface area contributed by atoms with Crippen LogP contribution in [0.1, 0.15) is 0 Å². The van der Waals surface area contributed by atoms with E-state index < -0.39 is 16.1 Å². The third kappa shape index (κ3) is 4.07. The number of methoxy groups -OCH3 is 2. The van der Waals surface area contributed by atoms with E-state index in [9.17, 15) is 13.5 Å². The molecule has 1 N–H and O–H groups in total. The first-order valence-corrected chi connectivity index (χ1v) is 7.61. The van der Waals surface area contributed by atoms with E-state index in [4.69, 9.17) is 21.1 Å². The minimum Gasteiger partial charge on any atom is -0.495 e. The quantitative estimate of drug-likeness (QED) is 0.809. The number of hydrogen-bond donors (Lipinski definition) is 1. The fourth-order valence-corrected chi connectivity index (χ4v) is 3.18. The lowest BCUT2D eigenvalue weighted by atomic mass is 10.3. The van der Waals surface area contributed by atoms with Gasteiger partial charge in [0, 0.05) is 20.7 Å². The van der Waals surface area contributed by atoms with Crippen LogP contribution in [0.2, 0.25) is 5.02 Å². The summed E-state index contributed by atoms with van der Waals surface area (Å²) in [6.07, 6.45) is -0.895. The van der Waals surface area contributed by atoms with Gasteiger partial charge in [-0.3, -0.25) is 0 Å². The van der Waals surface area contributed by atoms with Crippen molar-refractivity contribution in [3.63, 3.8) is 0 Å². The molecule has 1 unspecified atom stereocenters. The van der Waals surface area contributed by atoms with E-state index in [1.165, 1.54) is 39.5 Å². The summed E-state index contributed by atoms with van der Waals surface area (Å²) < 4.78 is 35.4. The Morgan fingerprint density at radius 3 is 2.55 bits per heavy atom. The molecule has 0 saturated carbocycles. The zero-order valence-electron chi connectivity index (χ0n) is 11.5. The van der Waals surface area contributed by atoms with E-state index in [1.54, 1.807) is 0 Å². The van der Waals surface area contributed by atoms with Crippen LogP contribution in [0.15, 0.2) is 23.1 Å². The van der Waals surface area contributed by atoms with Crippen molar-refractivity contribution in [2.45, 2.75) is 11.0 Å². The summed E-state index contributed by atoms with van der Waals surface area (Å²) in [5.74, 6) is 0.396. The van der Waals surface area contributed by atoms with Gasteiger partial charge in [-0.15, -0.1) is 0 Å². The van der Waals surface area contributed by atoms with Gasteiger partial charge in [-0.25, -0.2) is 8.42 Å². The summed E-state index contributed by atoms with van der Waals surface area (Å²) in [7, 11) is 0.538. The molecule has 0 radical (unpaired) electrons. The molecule has 0 amide bonds. The fourth-order valence-electron chi connectivity index (χ4n) is 1.63. The molecule has 1 atom stereocenters. The minimum atomic E-state index is -3.72. The number of rotatable bonds is 7. The van der Waals surface area contributed by atoms with Gasteiger partial charge < -0.3 is 14.6 Å². The van der Waals surface area contributed by atoms with Crippen LogP contribution in [0.3, 0.4) is 0 Å². The lowest BCUT2D eigenvalue weighted by Gasteiger charge is -2.20. The Bertz CT molecular complexity index is 549. The fraction of sp³-hybridized carbons (Fsp3) is 0.500. The summed E-state index contributed by atoms with van der Waals surface area (Å²) in [6, 6.07) is 4.20. The Morgan fingerprint density at radius 2 is 2.05 bits per heavy atom. The van der Waals surface area contributed by atoms with Crippen LogP contribution in [0.4, 0.5) is 0 Å². The largest absolute Gasteiger partial charge is 0.495 e. The average molecular weight is 324 g/mol. The van der Waals surface area contributed by atoms with Crippen molar-refractivity contribution < 1.29 is 23.0 Å². The standard InChI is InChI=1S/C12H18ClNO5S/c1-14(7-9(15)8-18-2)20(16,17)10-4-5-12(19-3)11(13)6-10/h4-6,9,15H,7-8H2,1-3H3. The summed E-state index contributed by atoms with van der Waals surface area (Å²) in [6.45, 7) is -0.0109. The van der Waals surface area contributed by atoms with Crippen molar-refractivity contribution in [3.8, 4) is 5.75 Å². The van der Waals surface area contributed by atoms with Gasteiger partial charge in [-0.2, -0.15) is 4.31 Å². The topological polar surface area (TPSA) is 76.1 Å². The van der Waals surface area contributed by atoms with Gasteiger partial charge in [0.05, 0.1) is 29.7 Å². The number of sulfonamides is 1. The number of nitrogens with zero attached hydrogens (tertiary/aromatic N) is 1. The van der Waals surface area contributed by atoms with Crippen LogP contribution in [0, 0.1) is 0 Å². The molecule has 1 aromatic carbocycles. The Hall–Kier alpha value is -0.860. The molecule has 20 heavy (non-hydrogen) atoms. The van der Waals surface area contributed by atoms with Crippen LogP contribution in [-0.2, 0) is 14.8 Å². The molecule has 0 spiro atoms. The molecule has 1 aromatic rings. The molecular weight excluding hydrogens is 306 g/mol. The van der Waals surface area contributed by atoms with Crippen LogP contribution >= 0.6 is 11.6 Å². The third-order valence-electron chi connectivity index (χ3n) is 2.66. The molecule has 0 bridgehead atoms. The molecule has 8 heteroatoms. The smallest absolute Gasteiger partial charge is 0.242 e. The maximum atomic E-state index is 12.3. The molecule has 6 nitrogen and oxygen atoms in total. The lowest BCUT2D eigenvalue weighted by molar-refractivity contribution is 0.0554. The highest BCUT2D eigenvalue weighted by molar-refractivity contribution is 7.89. The Morgan fingerprint density at radius 1 is 1.40 bits per heavy atom. The van der Waals surface area contributed by atoms with Gasteiger partial charge in [0.25, 0.3) is 0 Å². The monoisotopic (exact) mass is 323 g/mol. The maximum Gasteiger partial charge on any atom is 0.242 e. The maximum absolute atomic E-state index is 12.3. The second-order valence-electron chi connectivity index (χ2n) is 4.19. The number of aliphatic hydroxyl groups is 1. The molecule has 0 saturated heterocycles. The number of hydrogen-bond acceptors (Lipinski definition) is 5. The normalized spacial score (nSPS) is 13.5. The summed E-state index contributed by atoms with van der Waals surface area (Å²) in [5, 5.41) is 9.80. The van der Waals surface area contributed by atoms with Crippen molar-refractivity contribution in [3.05, 3.63) is 23.2 Å². The van der Waals surface area contributed by atoms with Crippen molar-refractivity contribution >= 4 is 21.6 Å². The van der Waals surface area contributed by atoms with E-state index in [-0.39, 0.29) is 23.1 Å². The lowest BCUT2D eigenvalue weighted by Crippen LogP contribution is -2.36. The van der Waals surface area contributed by atoms with Gasteiger partial charge in [0.1, 0.15) is 5.75 Å². The van der Waals surface area contributed by atoms with E-state index in [1.807, 2.05) is 0 Å². The van der Waals surface area contributed by atoms with E-state index in [0.717, 1.165) is 4.31 Å².